The summed E-state index contributed by atoms with van der Waals surface area (Å²) in [4.78, 5) is 14.1. The highest BCUT2D eigenvalue weighted by molar-refractivity contribution is 5.79. The second-order valence-corrected chi connectivity index (χ2v) is 4.72. The van der Waals surface area contributed by atoms with E-state index in [-0.39, 0.29) is 5.92 Å². The zero-order valence-corrected chi connectivity index (χ0v) is 8.62. The highest BCUT2D eigenvalue weighted by Crippen LogP contribution is 2.36. The number of nitrogens with zero attached hydrogens (tertiary/aromatic N) is 1. The standard InChI is InChI=1S/C11H19NO/c1-8(2)11(13)12-9-4-3-5-10(12)7-6-9/h8-10H,3-7H2,1-2H3. The van der Waals surface area contributed by atoms with Crippen LogP contribution < -0.4 is 0 Å². The molecular formula is C11H19NO. The number of hydrogen-bond donors (Lipinski definition) is 0. The SMILES string of the molecule is CC(C)C(=O)N1C2CCCC1CC2. The van der Waals surface area contributed by atoms with Crippen LogP contribution in [0.1, 0.15) is 46.0 Å². The van der Waals surface area contributed by atoms with Crippen molar-refractivity contribution in [1.29, 1.82) is 0 Å². The molecule has 2 aliphatic heterocycles. The van der Waals surface area contributed by atoms with Crippen LogP contribution in [-0.4, -0.2) is 22.9 Å². The molecule has 2 bridgehead atoms. The summed E-state index contributed by atoms with van der Waals surface area (Å²) >= 11 is 0. The molecule has 0 N–H and O–H groups in total. The molecule has 2 rings (SSSR count). The van der Waals surface area contributed by atoms with E-state index in [1.807, 2.05) is 13.8 Å². The molecule has 2 heterocycles. The van der Waals surface area contributed by atoms with E-state index < -0.39 is 0 Å². The molecule has 2 unspecified atom stereocenters. The quantitative estimate of drug-likeness (QED) is 0.607. The largest absolute Gasteiger partial charge is 0.337 e. The van der Waals surface area contributed by atoms with E-state index in [1.54, 1.807) is 0 Å². The van der Waals surface area contributed by atoms with Crippen LogP contribution in [0, 0.1) is 5.92 Å². The lowest BCUT2D eigenvalue weighted by atomic mass is 10.0. The third-order valence-electron chi connectivity index (χ3n) is 3.44. The van der Waals surface area contributed by atoms with Gasteiger partial charge in [-0.2, -0.15) is 0 Å². The number of carbonyl (C=O) groups is 1. The van der Waals surface area contributed by atoms with Crippen LogP contribution in [-0.2, 0) is 4.79 Å². The van der Waals surface area contributed by atoms with Gasteiger partial charge < -0.3 is 4.90 Å². The Hall–Kier alpha value is -0.530. The van der Waals surface area contributed by atoms with Gasteiger partial charge in [0.1, 0.15) is 0 Å². The molecule has 0 aromatic rings. The van der Waals surface area contributed by atoms with Crippen LogP contribution in [0.4, 0.5) is 0 Å². The molecule has 0 spiro atoms. The van der Waals surface area contributed by atoms with Crippen molar-refractivity contribution in [2.24, 2.45) is 5.92 Å². The molecule has 0 aliphatic carbocycles. The van der Waals surface area contributed by atoms with E-state index in [9.17, 15) is 4.79 Å². The van der Waals surface area contributed by atoms with E-state index in [0.717, 1.165) is 0 Å². The van der Waals surface area contributed by atoms with Crippen molar-refractivity contribution in [2.45, 2.75) is 58.0 Å². The molecular weight excluding hydrogens is 162 g/mol. The zero-order chi connectivity index (χ0) is 9.42. The molecule has 0 aromatic heterocycles. The molecule has 1 amide bonds. The Bertz CT molecular complexity index is 196. The fourth-order valence-corrected chi connectivity index (χ4v) is 2.78. The van der Waals surface area contributed by atoms with Crippen LogP contribution in [0.3, 0.4) is 0 Å². The topological polar surface area (TPSA) is 20.3 Å². The normalized spacial score (nSPS) is 32.7. The number of fused-ring (bicyclic) bond motifs is 2. The van der Waals surface area contributed by atoms with Crippen molar-refractivity contribution in [2.75, 3.05) is 0 Å². The van der Waals surface area contributed by atoms with Crippen molar-refractivity contribution in [1.82, 2.24) is 4.90 Å². The predicted molar refractivity (Wildman–Crippen MR) is 52.3 cm³/mol. The van der Waals surface area contributed by atoms with Crippen molar-refractivity contribution in [3.63, 3.8) is 0 Å². The van der Waals surface area contributed by atoms with Crippen LogP contribution in [0.5, 0.6) is 0 Å². The first-order valence-electron chi connectivity index (χ1n) is 5.52. The molecule has 2 saturated heterocycles. The van der Waals surface area contributed by atoms with Crippen LogP contribution in [0.15, 0.2) is 0 Å². The summed E-state index contributed by atoms with van der Waals surface area (Å²) in [7, 11) is 0. The second kappa shape index (κ2) is 3.32. The van der Waals surface area contributed by atoms with Gasteiger partial charge in [-0.15, -0.1) is 0 Å². The predicted octanol–water partition coefficient (Wildman–Crippen LogP) is 2.19. The number of carbonyl (C=O) groups excluding carboxylic acids is 1. The molecule has 13 heavy (non-hydrogen) atoms. The Morgan fingerprint density at radius 1 is 1.15 bits per heavy atom. The first-order valence-corrected chi connectivity index (χ1v) is 5.52. The zero-order valence-electron chi connectivity index (χ0n) is 8.62. The minimum atomic E-state index is 0.182. The van der Waals surface area contributed by atoms with Gasteiger partial charge in [-0.3, -0.25) is 4.79 Å². The van der Waals surface area contributed by atoms with Gasteiger partial charge in [0.25, 0.3) is 0 Å². The summed E-state index contributed by atoms with van der Waals surface area (Å²) in [5.41, 5.74) is 0. The first-order chi connectivity index (χ1) is 6.20. The first kappa shape index (κ1) is 9.04. The highest BCUT2D eigenvalue weighted by atomic mass is 16.2. The van der Waals surface area contributed by atoms with Crippen LogP contribution in [0.2, 0.25) is 0 Å². The molecule has 0 aromatic carbocycles. The molecule has 0 radical (unpaired) electrons. The molecule has 2 fully saturated rings. The Kier molecular flexibility index (Phi) is 2.31. The number of piperidine rings is 1. The van der Waals surface area contributed by atoms with E-state index in [1.165, 1.54) is 32.1 Å². The minimum Gasteiger partial charge on any atom is -0.337 e. The smallest absolute Gasteiger partial charge is 0.225 e. The Balaban J connectivity index is 2.10. The van der Waals surface area contributed by atoms with Crippen molar-refractivity contribution >= 4 is 5.91 Å². The maximum Gasteiger partial charge on any atom is 0.225 e. The Morgan fingerprint density at radius 2 is 1.69 bits per heavy atom. The summed E-state index contributed by atoms with van der Waals surface area (Å²) in [5, 5.41) is 0. The maximum atomic E-state index is 11.9. The molecule has 74 valence electrons. The van der Waals surface area contributed by atoms with Crippen LogP contribution >= 0.6 is 0 Å². The van der Waals surface area contributed by atoms with E-state index in [2.05, 4.69) is 4.90 Å². The van der Waals surface area contributed by atoms with Crippen molar-refractivity contribution < 1.29 is 4.79 Å². The molecule has 0 saturated carbocycles. The number of hydrogen-bond acceptors (Lipinski definition) is 1. The van der Waals surface area contributed by atoms with Gasteiger partial charge in [0.2, 0.25) is 5.91 Å². The fourth-order valence-electron chi connectivity index (χ4n) is 2.78. The molecule has 2 nitrogen and oxygen atoms in total. The summed E-state index contributed by atoms with van der Waals surface area (Å²) < 4.78 is 0. The summed E-state index contributed by atoms with van der Waals surface area (Å²) in [6.07, 6.45) is 6.33. The third kappa shape index (κ3) is 1.47. The maximum absolute atomic E-state index is 11.9. The Labute approximate surface area is 80.3 Å². The monoisotopic (exact) mass is 181 g/mol. The fraction of sp³-hybridized carbons (Fsp3) is 0.909. The third-order valence-corrected chi connectivity index (χ3v) is 3.44. The van der Waals surface area contributed by atoms with Gasteiger partial charge in [0, 0.05) is 18.0 Å². The summed E-state index contributed by atoms with van der Waals surface area (Å²) in [6, 6.07) is 1.18. The lowest BCUT2D eigenvalue weighted by Gasteiger charge is -2.36. The van der Waals surface area contributed by atoms with Crippen LogP contribution in [0.25, 0.3) is 0 Å². The van der Waals surface area contributed by atoms with Gasteiger partial charge in [0.05, 0.1) is 0 Å². The average molecular weight is 181 g/mol. The molecule has 2 heteroatoms. The van der Waals surface area contributed by atoms with Gasteiger partial charge in [-0.1, -0.05) is 13.8 Å². The molecule has 2 atom stereocenters. The lowest BCUT2D eigenvalue weighted by molar-refractivity contribution is -0.138. The van der Waals surface area contributed by atoms with Gasteiger partial charge in [-0.25, -0.2) is 0 Å². The van der Waals surface area contributed by atoms with E-state index in [4.69, 9.17) is 0 Å². The van der Waals surface area contributed by atoms with Crippen molar-refractivity contribution in [3.05, 3.63) is 0 Å². The number of amides is 1. The summed E-state index contributed by atoms with van der Waals surface area (Å²) in [6.45, 7) is 4.02. The van der Waals surface area contributed by atoms with Crippen molar-refractivity contribution in [3.8, 4) is 0 Å². The van der Waals surface area contributed by atoms with Gasteiger partial charge >= 0.3 is 0 Å². The average Bonchev–Trinajstić information content (AvgIpc) is 2.34. The molecule has 2 aliphatic rings. The highest BCUT2D eigenvalue weighted by Gasteiger charge is 2.39. The van der Waals surface area contributed by atoms with E-state index in [0.29, 0.717) is 18.0 Å². The minimum absolute atomic E-state index is 0.182. The number of rotatable bonds is 1. The lowest BCUT2D eigenvalue weighted by Crippen LogP contribution is -2.45. The van der Waals surface area contributed by atoms with Gasteiger partial charge in [0.15, 0.2) is 0 Å². The van der Waals surface area contributed by atoms with Gasteiger partial charge in [-0.05, 0) is 32.1 Å². The second-order valence-electron chi connectivity index (χ2n) is 4.72. The summed E-state index contributed by atoms with van der Waals surface area (Å²) in [5.74, 6) is 0.563. The van der Waals surface area contributed by atoms with E-state index >= 15 is 0 Å². The Morgan fingerprint density at radius 3 is 2.15 bits per heavy atom.